The molecule has 0 aromatic carbocycles. The number of piperidine rings is 1. The number of hydrogen-bond donors (Lipinski definition) is 2. The zero-order valence-electron chi connectivity index (χ0n) is 18.9. The Morgan fingerprint density at radius 1 is 1.26 bits per heavy atom. The van der Waals surface area contributed by atoms with Gasteiger partial charge in [-0.15, -0.1) is 11.3 Å². The fourth-order valence-corrected chi connectivity index (χ4v) is 7.55. The Labute approximate surface area is 187 Å². The van der Waals surface area contributed by atoms with Gasteiger partial charge in [-0.1, -0.05) is 13.8 Å². The van der Waals surface area contributed by atoms with Crippen LogP contribution in [0.2, 0.25) is 0 Å². The maximum Gasteiger partial charge on any atom is 0.158 e. The topological polar surface area (TPSA) is 58.0 Å². The summed E-state index contributed by atoms with van der Waals surface area (Å²) in [5.41, 5.74) is 8.05. The largest absolute Gasteiger partial charge is 0.346 e. The van der Waals surface area contributed by atoms with Gasteiger partial charge >= 0.3 is 0 Å². The van der Waals surface area contributed by atoms with E-state index in [0.717, 1.165) is 17.1 Å². The number of hydrogen-bond acceptors (Lipinski definition) is 4. The monoisotopic (exact) mass is 433 g/mol. The molecule has 0 bridgehead atoms. The summed E-state index contributed by atoms with van der Waals surface area (Å²) in [5, 5.41) is 9.48. The molecule has 2 fully saturated rings. The van der Waals surface area contributed by atoms with E-state index >= 15 is 0 Å². The van der Waals surface area contributed by atoms with Gasteiger partial charge in [0.05, 0.1) is 5.69 Å². The number of nitrogens with one attached hydrogen (secondary N) is 2. The number of thiophene rings is 1. The third kappa shape index (κ3) is 2.91. The first-order valence-electron chi connectivity index (χ1n) is 11.6. The second-order valence-electron chi connectivity index (χ2n) is 10.2. The molecule has 6 rings (SSSR count). The van der Waals surface area contributed by atoms with Gasteiger partial charge in [-0.05, 0) is 86.1 Å². The molecule has 1 aliphatic carbocycles. The smallest absolute Gasteiger partial charge is 0.158 e. The molecule has 2 N–H and O–H groups in total. The number of aromatic nitrogens is 4. The zero-order valence-corrected chi connectivity index (χ0v) is 19.7. The van der Waals surface area contributed by atoms with Gasteiger partial charge in [-0.3, -0.25) is 0 Å². The van der Waals surface area contributed by atoms with Crippen molar-refractivity contribution in [3.05, 3.63) is 40.2 Å². The van der Waals surface area contributed by atoms with E-state index in [-0.39, 0.29) is 0 Å². The van der Waals surface area contributed by atoms with Crippen LogP contribution in [0.5, 0.6) is 0 Å². The Morgan fingerprint density at radius 2 is 2.10 bits per heavy atom. The summed E-state index contributed by atoms with van der Waals surface area (Å²) in [6.45, 7) is 11.5. The van der Waals surface area contributed by atoms with Gasteiger partial charge in [-0.2, -0.15) is 5.10 Å². The van der Waals surface area contributed by atoms with E-state index in [2.05, 4.69) is 60.3 Å². The van der Waals surface area contributed by atoms with Crippen LogP contribution in [0, 0.1) is 19.3 Å². The number of fused-ring (bicyclic) bond motifs is 2. The predicted octanol–water partition coefficient (Wildman–Crippen LogP) is 5.93. The fourth-order valence-electron chi connectivity index (χ4n) is 6.22. The van der Waals surface area contributed by atoms with Crippen LogP contribution in [-0.2, 0) is 0 Å². The highest BCUT2D eigenvalue weighted by Crippen LogP contribution is 2.57. The van der Waals surface area contributed by atoms with Gasteiger partial charge in [0.25, 0.3) is 0 Å². The standard InChI is InChI=1S/C25H31N5S/c1-14(2)19-20-16(4)22(18-9-25(10-18)6-5-7-26-12-25)31-24(20)29-21(19)17-8-15(3)23-27-13-28-30(23)11-17/h8,11,13-14,18,26,29H,5-7,9-10,12H2,1-4H3/t18-,25+. The molecule has 4 aromatic rings. The second kappa shape index (κ2) is 6.91. The van der Waals surface area contributed by atoms with Crippen LogP contribution in [0.25, 0.3) is 27.1 Å². The minimum atomic E-state index is 0.451. The van der Waals surface area contributed by atoms with Gasteiger partial charge in [-0.25, -0.2) is 9.50 Å². The molecule has 162 valence electrons. The highest BCUT2D eigenvalue weighted by atomic mass is 32.1. The van der Waals surface area contributed by atoms with Crippen LogP contribution in [-0.4, -0.2) is 32.7 Å². The van der Waals surface area contributed by atoms with Crippen molar-refractivity contribution in [2.45, 2.75) is 65.2 Å². The molecule has 31 heavy (non-hydrogen) atoms. The summed E-state index contributed by atoms with van der Waals surface area (Å²) < 4.78 is 1.90. The molecule has 0 amide bonds. The van der Waals surface area contributed by atoms with Crippen LogP contribution >= 0.6 is 11.3 Å². The van der Waals surface area contributed by atoms with Crippen molar-refractivity contribution in [2.24, 2.45) is 5.41 Å². The lowest BCUT2D eigenvalue weighted by Crippen LogP contribution is -2.47. The van der Waals surface area contributed by atoms with Gasteiger partial charge in [0.15, 0.2) is 5.65 Å². The quantitative estimate of drug-likeness (QED) is 0.421. The number of rotatable bonds is 3. The molecule has 4 aromatic heterocycles. The number of aryl methyl sites for hydroxylation is 2. The summed E-state index contributed by atoms with van der Waals surface area (Å²) in [4.78, 5) is 11.2. The van der Waals surface area contributed by atoms with Crippen molar-refractivity contribution >= 4 is 27.2 Å². The highest BCUT2D eigenvalue weighted by molar-refractivity contribution is 7.19. The molecule has 1 saturated heterocycles. The lowest BCUT2D eigenvalue weighted by molar-refractivity contribution is 0.0685. The third-order valence-electron chi connectivity index (χ3n) is 7.68. The number of aromatic amines is 1. The van der Waals surface area contributed by atoms with Gasteiger partial charge < -0.3 is 10.3 Å². The lowest BCUT2D eigenvalue weighted by atomic mass is 9.58. The fraction of sp³-hybridized carbons (Fsp3) is 0.520. The number of H-pyrrole nitrogens is 1. The van der Waals surface area contributed by atoms with E-state index in [1.54, 1.807) is 11.2 Å². The van der Waals surface area contributed by atoms with Crippen LogP contribution in [0.3, 0.4) is 0 Å². The Bertz CT molecular complexity index is 1280. The Balaban J connectivity index is 1.42. The van der Waals surface area contributed by atoms with E-state index in [1.165, 1.54) is 71.4 Å². The van der Waals surface area contributed by atoms with Crippen LogP contribution in [0.4, 0.5) is 0 Å². The summed E-state index contributed by atoms with van der Waals surface area (Å²) >= 11 is 2.00. The Hall–Kier alpha value is -2.18. The summed E-state index contributed by atoms with van der Waals surface area (Å²) in [6, 6.07) is 2.24. The summed E-state index contributed by atoms with van der Waals surface area (Å²) in [5.74, 6) is 1.19. The Morgan fingerprint density at radius 3 is 2.84 bits per heavy atom. The molecule has 1 saturated carbocycles. The SMILES string of the molecule is Cc1cc(-c2[nH]c3sc([C@H]4C[C@]5(CCCNC5)C4)c(C)c3c2C(C)C)cn2ncnc12. The molecule has 0 unspecified atom stereocenters. The van der Waals surface area contributed by atoms with E-state index < -0.39 is 0 Å². The van der Waals surface area contributed by atoms with Gasteiger partial charge in [0.2, 0.25) is 0 Å². The van der Waals surface area contributed by atoms with Crippen molar-refractivity contribution in [1.29, 1.82) is 0 Å². The predicted molar refractivity (Wildman–Crippen MR) is 128 cm³/mol. The average molecular weight is 434 g/mol. The first-order chi connectivity index (χ1) is 15.0. The molecule has 1 spiro atoms. The first kappa shape index (κ1) is 19.5. The van der Waals surface area contributed by atoms with Crippen molar-refractivity contribution in [1.82, 2.24) is 24.9 Å². The van der Waals surface area contributed by atoms with E-state index in [4.69, 9.17) is 0 Å². The van der Waals surface area contributed by atoms with E-state index in [0.29, 0.717) is 11.3 Å². The van der Waals surface area contributed by atoms with Gasteiger partial charge in [0, 0.05) is 28.6 Å². The normalized spacial score (nSPS) is 24.0. The summed E-state index contributed by atoms with van der Waals surface area (Å²) in [7, 11) is 0. The van der Waals surface area contributed by atoms with E-state index in [1.807, 2.05) is 15.9 Å². The maximum atomic E-state index is 4.39. The van der Waals surface area contributed by atoms with Crippen molar-refractivity contribution < 1.29 is 0 Å². The zero-order chi connectivity index (χ0) is 21.3. The minimum absolute atomic E-state index is 0.451. The first-order valence-corrected chi connectivity index (χ1v) is 12.4. The second-order valence-corrected chi connectivity index (χ2v) is 11.2. The highest BCUT2D eigenvalue weighted by Gasteiger charge is 2.46. The van der Waals surface area contributed by atoms with Crippen molar-refractivity contribution in [3.63, 3.8) is 0 Å². The molecule has 0 radical (unpaired) electrons. The molecule has 0 atom stereocenters. The summed E-state index contributed by atoms with van der Waals surface area (Å²) in [6.07, 6.45) is 9.20. The van der Waals surface area contributed by atoms with E-state index in [9.17, 15) is 0 Å². The van der Waals surface area contributed by atoms with Crippen LogP contribution in [0.1, 0.15) is 72.9 Å². The minimum Gasteiger partial charge on any atom is -0.346 e. The average Bonchev–Trinajstić information content (AvgIpc) is 3.41. The molecule has 6 heteroatoms. The molecular formula is C25H31N5S. The molecule has 2 aliphatic rings. The van der Waals surface area contributed by atoms with Crippen LogP contribution < -0.4 is 5.32 Å². The van der Waals surface area contributed by atoms with Crippen LogP contribution in [0.15, 0.2) is 18.6 Å². The lowest BCUT2D eigenvalue weighted by Gasteiger charge is -2.50. The molecule has 1 aliphatic heterocycles. The number of nitrogens with zero attached hydrogens (tertiary/aromatic N) is 3. The third-order valence-corrected chi connectivity index (χ3v) is 9.05. The molecular weight excluding hydrogens is 402 g/mol. The number of pyridine rings is 1. The van der Waals surface area contributed by atoms with Crippen molar-refractivity contribution in [3.8, 4) is 11.3 Å². The maximum absolute atomic E-state index is 4.39. The molecule has 5 heterocycles. The Kier molecular flexibility index (Phi) is 4.35. The van der Waals surface area contributed by atoms with Crippen molar-refractivity contribution in [2.75, 3.05) is 13.1 Å². The molecule has 5 nitrogen and oxygen atoms in total. The van der Waals surface area contributed by atoms with Gasteiger partial charge in [0.1, 0.15) is 11.2 Å².